The number of aromatic nitrogens is 2. The van der Waals surface area contributed by atoms with Crippen LogP contribution < -0.4 is 5.73 Å². The molecule has 0 fully saturated rings. The van der Waals surface area contributed by atoms with E-state index in [1.807, 2.05) is 0 Å². The molecule has 74 valence electrons. The van der Waals surface area contributed by atoms with Crippen molar-refractivity contribution in [3.63, 3.8) is 0 Å². The molecule has 1 heterocycles. The molecule has 1 aromatic rings. The summed E-state index contributed by atoms with van der Waals surface area (Å²) >= 11 is 0. The van der Waals surface area contributed by atoms with Crippen LogP contribution in [-0.4, -0.2) is 30.5 Å². The highest BCUT2D eigenvalue weighted by Crippen LogP contribution is 2.02. The molecular weight excluding hydrogens is 170 g/mol. The summed E-state index contributed by atoms with van der Waals surface area (Å²) in [7, 11) is 1.67. The van der Waals surface area contributed by atoms with Crippen molar-refractivity contribution in [3.05, 3.63) is 11.8 Å². The van der Waals surface area contributed by atoms with E-state index >= 15 is 0 Å². The molecule has 0 spiro atoms. The first kappa shape index (κ1) is 10.1. The molecule has 0 unspecified atom stereocenters. The Morgan fingerprint density at radius 3 is 2.62 bits per heavy atom. The number of nitrogens with two attached hydrogens (primary N) is 1. The minimum atomic E-state index is 0.541. The number of aryl methyl sites for hydroxylation is 1. The molecule has 1 aromatic heterocycles. The van der Waals surface area contributed by atoms with Crippen LogP contribution >= 0.6 is 0 Å². The minimum absolute atomic E-state index is 0.541. The smallest absolute Gasteiger partial charge is 0.217 e. The highest BCUT2D eigenvalue weighted by molar-refractivity contribution is 4.82. The van der Waals surface area contributed by atoms with E-state index in [1.54, 1.807) is 7.11 Å². The van der Waals surface area contributed by atoms with Crippen LogP contribution in [0.1, 0.15) is 18.2 Å². The normalized spacial score (nSPS) is 10.6. The second-order valence-electron chi connectivity index (χ2n) is 2.72. The molecule has 0 aliphatic carbocycles. The Hall–Kier alpha value is -0.940. The summed E-state index contributed by atoms with van der Waals surface area (Å²) in [6.07, 6.45) is 2.32. The first-order valence-corrected chi connectivity index (χ1v) is 4.37. The van der Waals surface area contributed by atoms with Crippen LogP contribution in [0.3, 0.4) is 0 Å². The summed E-state index contributed by atoms with van der Waals surface area (Å²) in [6, 6.07) is 0. The zero-order valence-electron chi connectivity index (χ0n) is 7.82. The fourth-order valence-electron chi connectivity index (χ4n) is 0.982. The lowest BCUT2D eigenvalue weighted by Crippen LogP contribution is -2.02. The van der Waals surface area contributed by atoms with E-state index in [0.717, 1.165) is 12.8 Å². The van der Waals surface area contributed by atoms with E-state index in [1.165, 1.54) is 0 Å². The van der Waals surface area contributed by atoms with Gasteiger partial charge >= 0.3 is 0 Å². The number of nitrogens with zero attached hydrogens (tertiary/aromatic N) is 2. The monoisotopic (exact) mass is 185 g/mol. The van der Waals surface area contributed by atoms with E-state index in [4.69, 9.17) is 14.9 Å². The Bertz CT molecular complexity index is 237. The van der Waals surface area contributed by atoms with Gasteiger partial charge in [-0.05, 0) is 6.42 Å². The summed E-state index contributed by atoms with van der Waals surface area (Å²) in [5.74, 6) is 1.29. The lowest BCUT2D eigenvalue weighted by Gasteiger charge is -1.93. The van der Waals surface area contributed by atoms with Crippen LogP contribution in [0.2, 0.25) is 0 Å². The molecule has 0 saturated carbocycles. The van der Waals surface area contributed by atoms with Crippen molar-refractivity contribution in [2.75, 3.05) is 20.3 Å². The van der Waals surface area contributed by atoms with Gasteiger partial charge in [-0.2, -0.15) is 0 Å². The number of ether oxygens (including phenoxy) is 1. The molecule has 0 amide bonds. The van der Waals surface area contributed by atoms with Crippen molar-refractivity contribution in [3.8, 4) is 0 Å². The summed E-state index contributed by atoms with van der Waals surface area (Å²) < 4.78 is 10.2. The molecular formula is C8H15N3O2. The zero-order chi connectivity index (χ0) is 9.52. The van der Waals surface area contributed by atoms with Crippen LogP contribution in [-0.2, 0) is 17.6 Å². The number of rotatable bonds is 6. The number of hydrogen-bond donors (Lipinski definition) is 1. The van der Waals surface area contributed by atoms with Gasteiger partial charge in [-0.15, -0.1) is 10.2 Å². The molecule has 0 aromatic carbocycles. The summed E-state index contributed by atoms with van der Waals surface area (Å²) in [5, 5.41) is 7.73. The standard InChI is InChI=1S/C8H15N3O2/c1-12-6-2-3-7-10-11-8(13-7)4-5-9/h2-6,9H2,1H3. The van der Waals surface area contributed by atoms with Gasteiger partial charge in [0.2, 0.25) is 11.8 Å². The molecule has 0 bridgehead atoms. The largest absolute Gasteiger partial charge is 0.425 e. The Morgan fingerprint density at radius 2 is 2.00 bits per heavy atom. The maximum Gasteiger partial charge on any atom is 0.217 e. The topological polar surface area (TPSA) is 74.2 Å². The van der Waals surface area contributed by atoms with Crippen LogP contribution in [0.4, 0.5) is 0 Å². The molecule has 5 nitrogen and oxygen atoms in total. The van der Waals surface area contributed by atoms with E-state index in [9.17, 15) is 0 Å². The van der Waals surface area contributed by atoms with E-state index in [0.29, 0.717) is 31.4 Å². The molecule has 1 rings (SSSR count). The van der Waals surface area contributed by atoms with Crippen molar-refractivity contribution >= 4 is 0 Å². The van der Waals surface area contributed by atoms with Crippen molar-refractivity contribution in [2.45, 2.75) is 19.3 Å². The lowest BCUT2D eigenvalue weighted by atomic mass is 10.3. The predicted octanol–water partition coefficient (Wildman–Crippen LogP) is 0.150. The molecule has 2 N–H and O–H groups in total. The maximum atomic E-state index is 5.34. The summed E-state index contributed by atoms with van der Waals surface area (Å²) in [5.41, 5.74) is 5.34. The molecule has 0 atom stereocenters. The molecule has 0 saturated heterocycles. The van der Waals surface area contributed by atoms with Gasteiger partial charge in [0, 0.05) is 33.1 Å². The Morgan fingerprint density at radius 1 is 1.31 bits per heavy atom. The predicted molar refractivity (Wildman–Crippen MR) is 47.3 cm³/mol. The van der Waals surface area contributed by atoms with E-state index in [-0.39, 0.29) is 0 Å². The molecule has 0 aliphatic heterocycles. The maximum absolute atomic E-state index is 5.34. The van der Waals surface area contributed by atoms with Crippen molar-refractivity contribution in [2.24, 2.45) is 5.73 Å². The van der Waals surface area contributed by atoms with Gasteiger partial charge in [0.05, 0.1) is 0 Å². The van der Waals surface area contributed by atoms with Crippen molar-refractivity contribution in [1.82, 2.24) is 10.2 Å². The van der Waals surface area contributed by atoms with Gasteiger partial charge in [0.1, 0.15) is 0 Å². The fourth-order valence-corrected chi connectivity index (χ4v) is 0.982. The Kier molecular flexibility index (Phi) is 4.42. The Balaban J connectivity index is 2.31. The molecule has 0 aliphatic rings. The Labute approximate surface area is 77.3 Å². The third kappa shape index (κ3) is 3.52. The summed E-state index contributed by atoms with van der Waals surface area (Å²) in [6.45, 7) is 1.26. The van der Waals surface area contributed by atoms with Crippen LogP contribution in [0.5, 0.6) is 0 Å². The lowest BCUT2D eigenvalue weighted by molar-refractivity contribution is 0.192. The minimum Gasteiger partial charge on any atom is -0.425 e. The van der Waals surface area contributed by atoms with Crippen molar-refractivity contribution < 1.29 is 9.15 Å². The van der Waals surface area contributed by atoms with Gasteiger partial charge in [-0.3, -0.25) is 0 Å². The van der Waals surface area contributed by atoms with Crippen LogP contribution in [0.15, 0.2) is 4.42 Å². The first-order chi connectivity index (χ1) is 6.36. The van der Waals surface area contributed by atoms with Crippen LogP contribution in [0.25, 0.3) is 0 Å². The SMILES string of the molecule is COCCCc1nnc(CCN)o1. The van der Waals surface area contributed by atoms with E-state index < -0.39 is 0 Å². The van der Waals surface area contributed by atoms with Gasteiger partial charge in [0.15, 0.2) is 0 Å². The third-order valence-electron chi connectivity index (χ3n) is 1.61. The quantitative estimate of drug-likeness (QED) is 0.638. The fraction of sp³-hybridized carbons (Fsp3) is 0.750. The molecule has 13 heavy (non-hydrogen) atoms. The van der Waals surface area contributed by atoms with Gasteiger partial charge in [0.25, 0.3) is 0 Å². The summed E-state index contributed by atoms with van der Waals surface area (Å²) in [4.78, 5) is 0. The molecule has 5 heteroatoms. The second kappa shape index (κ2) is 5.66. The zero-order valence-corrected chi connectivity index (χ0v) is 7.82. The highest BCUT2D eigenvalue weighted by Gasteiger charge is 2.03. The van der Waals surface area contributed by atoms with Crippen molar-refractivity contribution in [1.29, 1.82) is 0 Å². The van der Waals surface area contributed by atoms with E-state index in [2.05, 4.69) is 10.2 Å². The third-order valence-corrected chi connectivity index (χ3v) is 1.61. The second-order valence-corrected chi connectivity index (χ2v) is 2.72. The molecule has 0 radical (unpaired) electrons. The van der Waals surface area contributed by atoms with Gasteiger partial charge < -0.3 is 14.9 Å². The first-order valence-electron chi connectivity index (χ1n) is 4.37. The van der Waals surface area contributed by atoms with Crippen LogP contribution in [0, 0.1) is 0 Å². The highest BCUT2D eigenvalue weighted by atomic mass is 16.5. The number of methoxy groups -OCH3 is 1. The average Bonchev–Trinajstić information content (AvgIpc) is 2.54. The van der Waals surface area contributed by atoms with Gasteiger partial charge in [-0.25, -0.2) is 0 Å². The average molecular weight is 185 g/mol. The number of hydrogen-bond acceptors (Lipinski definition) is 5. The van der Waals surface area contributed by atoms with Gasteiger partial charge in [-0.1, -0.05) is 0 Å².